The molecule has 0 unspecified atom stereocenters. The molecule has 1 atom stereocenters. The third-order valence-corrected chi connectivity index (χ3v) is 4.71. The molecule has 0 fully saturated rings. The van der Waals surface area contributed by atoms with Crippen molar-refractivity contribution in [3.05, 3.63) is 65.2 Å². The zero-order chi connectivity index (χ0) is 15.8. The molecule has 0 bridgehead atoms. The molecule has 1 heterocycles. The maximum absolute atomic E-state index is 12.7. The van der Waals surface area contributed by atoms with Gasteiger partial charge in [-0.1, -0.05) is 42.5 Å². The number of fused-ring (bicyclic) bond motifs is 2. The van der Waals surface area contributed by atoms with Gasteiger partial charge in [0.05, 0.1) is 5.92 Å². The molecule has 0 saturated heterocycles. The number of hydrogen-bond acceptors (Lipinski definition) is 2. The van der Waals surface area contributed by atoms with Crippen LogP contribution >= 0.6 is 0 Å². The Balaban J connectivity index is 1.51. The van der Waals surface area contributed by atoms with Gasteiger partial charge in [0, 0.05) is 18.2 Å². The number of carbonyl (C=O) groups excluding carboxylic acids is 2. The van der Waals surface area contributed by atoms with Crippen molar-refractivity contribution in [2.75, 3.05) is 5.32 Å². The van der Waals surface area contributed by atoms with E-state index >= 15 is 0 Å². The Bertz CT molecular complexity index is 759. The highest BCUT2D eigenvalue weighted by atomic mass is 16.2. The number of benzene rings is 2. The lowest BCUT2D eigenvalue weighted by molar-refractivity contribution is -0.126. The van der Waals surface area contributed by atoms with Crippen LogP contribution < -0.4 is 10.6 Å². The van der Waals surface area contributed by atoms with E-state index in [1.54, 1.807) is 0 Å². The van der Waals surface area contributed by atoms with E-state index in [9.17, 15) is 9.59 Å². The van der Waals surface area contributed by atoms with Gasteiger partial charge in [-0.05, 0) is 35.6 Å². The Morgan fingerprint density at radius 2 is 1.61 bits per heavy atom. The molecule has 2 N–H and O–H groups in total. The molecule has 2 amide bonds. The van der Waals surface area contributed by atoms with E-state index in [1.165, 1.54) is 11.1 Å². The van der Waals surface area contributed by atoms with Crippen LogP contribution in [-0.2, 0) is 22.4 Å². The smallest absolute Gasteiger partial charge is 0.228 e. The molecule has 0 spiro atoms. The van der Waals surface area contributed by atoms with Gasteiger partial charge in [0.1, 0.15) is 0 Å². The molecule has 0 radical (unpaired) electrons. The second-order valence-corrected chi connectivity index (χ2v) is 6.27. The van der Waals surface area contributed by atoms with Crippen molar-refractivity contribution >= 4 is 17.5 Å². The summed E-state index contributed by atoms with van der Waals surface area (Å²) < 4.78 is 0. The lowest BCUT2D eigenvalue weighted by Gasteiger charge is -2.26. The molecule has 1 aliphatic heterocycles. The maximum atomic E-state index is 12.7. The molecule has 2 aromatic carbocycles. The fraction of sp³-hybridized carbons (Fsp3) is 0.263. The van der Waals surface area contributed by atoms with Crippen LogP contribution in [-0.4, -0.2) is 17.9 Å². The SMILES string of the molecule is O=C1C[C@@H](C(=O)NC2Cc3ccccc3C2)c2ccccc2N1. The lowest BCUT2D eigenvalue weighted by atomic mass is 9.89. The van der Waals surface area contributed by atoms with Crippen LogP contribution in [0.5, 0.6) is 0 Å². The van der Waals surface area contributed by atoms with Gasteiger partial charge in [0.25, 0.3) is 0 Å². The highest BCUT2D eigenvalue weighted by Gasteiger charge is 2.32. The summed E-state index contributed by atoms with van der Waals surface area (Å²) >= 11 is 0. The van der Waals surface area contributed by atoms with Gasteiger partial charge >= 0.3 is 0 Å². The molecule has 4 heteroatoms. The standard InChI is InChI=1S/C19H18N2O2/c22-18-11-16(15-7-3-4-8-17(15)21-18)19(23)20-14-9-12-5-1-2-6-13(12)10-14/h1-8,14,16H,9-11H2,(H,20,23)(H,21,22)/t16-/m1/s1. The number of hydrogen-bond donors (Lipinski definition) is 2. The zero-order valence-corrected chi connectivity index (χ0v) is 12.7. The summed E-state index contributed by atoms with van der Waals surface area (Å²) in [7, 11) is 0. The van der Waals surface area contributed by atoms with Gasteiger partial charge in [-0.3, -0.25) is 9.59 Å². The summed E-state index contributed by atoms with van der Waals surface area (Å²) in [5, 5.41) is 5.97. The Morgan fingerprint density at radius 1 is 0.957 bits per heavy atom. The van der Waals surface area contributed by atoms with Crippen molar-refractivity contribution in [2.24, 2.45) is 0 Å². The predicted octanol–water partition coefficient (Wildman–Crippen LogP) is 2.40. The first kappa shape index (κ1) is 14.0. The molecular formula is C19H18N2O2. The normalized spacial score (nSPS) is 19.7. The van der Waals surface area contributed by atoms with Crippen LogP contribution in [0.15, 0.2) is 48.5 Å². The third kappa shape index (κ3) is 2.61. The van der Waals surface area contributed by atoms with Crippen molar-refractivity contribution in [1.29, 1.82) is 0 Å². The van der Waals surface area contributed by atoms with E-state index in [0.717, 1.165) is 24.1 Å². The molecule has 4 nitrogen and oxygen atoms in total. The van der Waals surface area contributed by atoms with Crippen LogP contribution in [0, 0.1) is 0 Å². The van der Waals surface area contributed by atoms with E-state index in [0.29, 0.717) is 0 Å². The fourth-order valence-corrected chi connectivity index (χ4v) is 3.61. The van der Waals surface area contributed by atoms with Gasteiger partial charge in [-0.2, -0.15) is 0 Å². The van der Waals surface area contributed by atoms with E-state index in [4.69, 9.17) is 0 Å². The van der Waals surface area contributed by atoms with Gasteiger partial charge in [0.2, 0.25) is 11.8 Å². The second-order valence-electron chi connectivity index (χ2n) is 6.27. The number of anilines is 1. The predicted molar refractivity (Wildman–Crippen MR) is 88.2 cm³/mol. The number of carbonyl (C=O) groups is 2. The highest BCUT2D eigenvalue weighted by Crippen LogP contribution is 2.32. The van der Waals surface area contributed by atoms with Crippen LogP contribution in [0.2, 0.25) is 0 Å². The van der Waals surface area contributed by atoms with Crippen LogP contribution in [0.25, 0.3) is 0 Å². The second kappa shape index (κ2) is 5.54. The molecule has 116 valence electrons. The van der Waals surface area contributed by atoms with Gasteiger partial charge in [0.15, 0.2) is 0 Å². The Hall–Kier alpha value is -2.62. The van der Waals surface area contributed by atoms with Crippen molar-refractivity contribution in [3.63, 3.8) is 0 Å². The van der Waals surface area contributed by atoms with Crippen LogP contribution in [0.4, 0.5) is 5.69 Å². The Morgan fingerprint density at radius 3 is 2.35 bits per heavy atom. The van der Waals surface area contributed by atoms with Crippen molar-refractivity contribution in [3.8, 4) is 0 Å². The molecule has 0 aromatic heterocycles. The average Bonchev–Trinajstić information content (AvgIpc) is 2.96. The van der Waals surface area contributed by atoms with Crippen LogP contribution in [0.1, 0.15) is 29.0 Å². The van der Waals surface area contributed by atoms with Gasteiger partial charge in [-0.15, -0.1) is 0 Å². The van der Waals surface area contributed by atoms with E-state index in [-0.39, 0.29) is 24.3 Å². The van der Waals surface area contributed by atoms with Gasteiger partial charge < -0.3 is 10.6 Å². The summed E-state index contributed by atoms with van der Waals surface area (Å²) in [6.45, 7) is 0. The molecule has 23 heavy (non-hydrogen) atoms. The summed E-state index contributed by atoms with van der Waals surface area (Å²) in [6.07, 6.45) is 1.94. The average molecular weight is 306 g/mol. The first-order valence-electron chi connectivity index (χ1n) is 7.96. The minimum atomic E-state index is -0.399. The monoisotopic (exact) mass is 306 g/mol. The van der Waals surface area contributed by atoms with Crippen molar-refractivity contribution in [2.45, 2.75) is 31.2 Å². The molecule has 0 saturated carbocycles. The Labute approximate surface area is 134 Å². The maximum Gasteiger partial charge on any atom is 0.228 e. The van der Waals surface area contributed by atoms with Crippen molar-refractivity contribution in [1.82, 2.24) is 5.32 Å². The number of para-hydroxylation sites is 1. The minimum Gasteiger partial charge on any atom is -0.352 e. The first-order valence-corrected chi connectivity index (χ1v) is 7.96. The molecule has 2 aliphatic rings. The highest BCUT2D eigenvalue weighted by molar-refractivity contribution is 6.01. The summed E-state index contributed by atoms with van der Waals surface area (Å²) in [5.74, 6) is -0.549. The lowest BCUT2D eigenvalue weighted by Crippen LogP contribution is -2.41. The summed E-state index contributed by atoms with van der Waals surface area (Å²) in [4.78, 5) is 24.6. The molecule has 1 aliphatic carbocycles. The Kier molecular flexibility index (Phi) is 3.37. The number of rotatable bonds is 2. The first-order chi connectivity index (χ1) is 11.2. The van der Waals surface area contributed by atoms with Gasteiger partial charge in [-0.25, -0.2) is 0 Å². The minimum absolute atomic E-state index is 0.0508. The third-order valence-electron chi connectivity index (χ3n) is 4.71. The molecule has 2 aromatic rings. The zero-order valence-electron chi connectivity index (χ0n) is 12.7. The topological polar surface area (TPSA) is 58.2 Å². The van der Waals surface area contributed by atoms with E-state index in [1.807, 2.05) is 36.4 Å². The summed E-state index contributed by atoms with van der Waals surface area (Å²) in [5.41, 5.74) is 4.26. The molecule has 4 rings (SSSR count). The molecular weight excluding hydrogens is 288 g/mol. The fourth-order valence-electron chi connectivity index (χ4n) is 3.61. The number of amides is 2. The number of nitrogens with one attached hydrogen (secondary N) is 2. The van der Waals surface area contributed by atoms with Crippen LogP contribution in [0.3, 0.4) is 0 Å². The summed E-state index contributed by atoms with van der Waals surface area (Å²) in [6, 6.07) is 16.0. The van der Waals surface area contributed by atoms with E-state index < -0.39 is 5.92 Å². The van der Waals surface area contributed by atoms with Crippen molar-refractivity contribution < 1.29 is 9.59 Å². The largest absolute Gasteiger partial charge is 0.352 e. The quantitative estimate of drug-likeness (QED) is 0.895. The van der Waals surface area contributed by atoms with E-state index in [2.05, 4.69) is 22.8 Å².